The molecule has 2 aliphatic heterocycles. The van der Waals surface area contributed by atoms with Crippen molar-refractivity contribution in [1.82, 2.24) is 4.90 Å². The van der Waals surface area contributed by atoms with Gasteiger partial charge in [0.05, 0.1) is 15.4 Å². The lowest BCUT2D eigenvalue weighted by atomic mass is 9.91. The predicted octanol–water partition coefficient (Wildman–Crippen LogP) is 4.53. The van der Waals surface area contributed by atoms with Crippen LogP contribution in [0.4, 0.5) is 18.9 Å². The van der Waals surface area contributed by atoms with Crippen molar-refractivity contribution in [3.63, 3.8) is 0 Å². The lowest BCUT2D eigenvalue weighted by molar-refractivity contribution is -0.137. The lowest BCUT2D eigenvalue weighted by Crippen LogP contribution is -2.25. The van der Waals surface area contributed by atoms with E-state index in [0.717, 1.165) is 68.0 Å². The molecule has 0 aromatic heterocycles. The van der Waals surface area contributed by atoms with Crippen molar-refractivity contribution in [3.8, 4) is 0 Å². The van der Waals surface area contributed by atoms with Gasteiger partial charge < -0.3 is 10.2 Å². The lowest BCUT2D eigenvalue weighted by Gasteiger charge is -2.17. The van der Waals surface area contributed by atoms with Crippen molar-refractivity contribution in [3.05, 3.63) is 53.6 Å². The number of likely N-dealkylation sites (tertiary alicyclic amines) is 1. The van der Waals surface area contributed by atoms with Gasteiger partial charge in [-0.25, -0.2) is 8.42 Å². The van der Waals surface area contributed by atoms with E-state index in [-0.39, 0.29) is 21.8 Å². The van der Waals surface area contributed by atoms with E-state index in [1.165, 1.54) is 6.07 Å². The van der Waals surface area contributed by atoms with Crippen molar-refractivity contribution in [2.45, 2.75) is 47.7 Å². The van der Waals surface area contributed by atoms with Crippen LogP contribution in [0.1, 0.15) is 36.8 Å². The van der Waals surface area contributed by atoms with Crippen molar-refractivity contribution >= 4 is 15.5 Å². The van der Waals surface area contributed by atoms with Crippen LogP contribution in [0.3, 0.4) is 0 Å². The normalized spacial score (nSPS) is 22.5. The number of nitrogens with zero attached hydrogens (tertiary/aromatic N) is 1. The van der Waals surface area contributed by atoms with Crippen LogP contribution in [-0.2, 0) is 16.0 Å². The number of alkyl halides is 3. The van der Waals surface area contributed by atoms with Gasteiger partial charge in [0.15, 0.2) is 0 Å². The highest BCUT2D eigenvalue weighted by molar-refractivity contribution is 7.91. The third kappa shape index (κ3) is 3.75. The molecule has 0 saturated carbocycles. The average molecular weight is 424 g/mol. The predicted molar refractivity (Wildman–Crippen MR) is 105 cm³/mol. The molecule has 1 saturated heterocycles. The highest BCUT2D eigenvalue weighted by Gasteiger charge is 2.35. The minimum Gasteiger partial charge on any atom is -0.381 e. The number of hydrogen-bond donors (Lipinski definition) is 1. The van der Waals surface area contributed by atoms with Gasteiger partial charge in [-0.15, -0.1) is 0 Å². The highest BCUT2D eigenvalue weighted by atomic mass is 32.2. The van der Waals surface area contributed by atoms with Gasteiger partial charge in [-0.05, 0) is 74.0 Å². The van der Waals surface area contributed by atoms with E-state index in [1.54, 1.807) is 12.1 Å². The second kappa shape index (κ2) is 7.32. The van der Waals surface area contributed by atoms with E-state index in [0.29, 0.717) is 0 Å². The average Bonchev–Trinajstić information content (AvgIpc) is 2.91. The molecule has 2 heterocycles. The first-order valence-corrected chi connectivity index (χ1v) is 11.2. The van der Waals surface area contributed by atoms with Crippen molar-refractivity contribution in [2.75, 3.05) is 25.0 Å². The molecule has 0 spiro atoms. The monoisotopic (exact) mass is 424 g/mol. The third-order valence-electron chi connectivity index (χ3n) is 6.01. The minimum absolute atomic E-state index is 0.120. The number of anilines is 1. The molecule has 8 heteroatoms. The zero-order chi connectivity index (χ0) is 20.8. The number of rotatable bonds is 3. The van der Waals surface area contributed by atoms with E-state index >= 15 is 0 Å². The van der Waals surface area contributed by atoms with E-state index in [9.17, 15) is 21.6 Å². The second-order valence-corrected chi connectivity index (χ2v) is 9.59. The topological polar surface area (TPSA) is 49.4 Å². The summed E-state index contributed by atoms with van der Waals surface area (Å²) >= 11 is 0. The second-order valence-electron chi connectivity index (χ2n) is 7.64. The minimum atomic E-state index is -4.50. The van der Waals surface area contributed by atoms with Crippen LogP contribution in [0.5, 0.6) is 0 Å². The molecule has 0 unspecified atom stereocenters. The van der Waals surface area contributed by atoms with E-state index < -0.39 is 21.6 Å². The summed E-state index contributed by atoms with van der Waals surface area (Å²) in [5.74, 6) is 0.240. The van der Waals surface area contributed by atoms with Gasteiger partial charge in [0.2, 0.25) is 9.84 Å². The summed E-state index contributed by atoms with van der Waals surface area (Å²) in [5, 5.41) is 3.52. The van der Waals surface area contributed by atoms with Crippen LogP contribution in [-0.4, -0.2) is 39.0 Å². The van der Waals surface area contributed by atoms with Gasteiger partial charge in [0.1, 0.15) is 0 Å². The molecule has 1 N–H and O–H groups in total. The molecular weight excluding hydrogens is 401 g/mol. The smallest absolute Gasteiger partial charge is 0.381 e. The van der Waals surface area contributed by atoms with Gasteiger partial charge in [-0.2, -0.15) is 13.2 Å². The maximum Gasteiger partial charge on any atom is 0.416 e. The van der Waals surface area contributed by atoms with Crippen LogP contribution < -0.4 is 5.32 Å². The Balaban J connectivity index is 1.65. The molecule has 0 amide bonds. The molecule has 2 aromatic rings. The van der Waals surface area contributed by atoms with E-state index in [1.807, 2.05) is 0 Å². The van der Waals surface area contributed by atoms with Crippen LogP contribution in [0.15, 0.2) is 52.3 Å². The van der Waals surface area contributed by atoms with Gasteiger partial charge in [0.25, 0.3) is 0 Å². The van der Waals surface area contributed by atoms with Gasteiger partial charge >= 0.3 is 6.18 Å². The zero-order valence-corrected chi connectivity index (χ0v) is 16.9. The Kier molecular flexibility index (Phi) is 5.11. The molecule has 2 aliphatic rings. The Morgan fingerprint density at radius 3 is 2.34 bits per heavy atom. The first-order valence-electron chi connectivity index (χ1n) is 9.75. The molecule has 0 bridgehead atoms. The Labute approximate surface area is 168 Å². The summed E-state index contributed by atoms with van der Waals surface area (Å²) < 4.78 is 64.3. The molecule has 156 valence electrons. The van der Waals surface area contributed by atoms with E-state index in [2.05, 4.69) is 17.1 Å². The molecule has 0 radical (unpaired) electrons. The number of sulfone groups is 1. The molecule has 2 aromatic carbocycles. The quantitative estimate of drug-likeness (QED) is 0.787. The third-order valence-corrected chi connectivity index (χ3v) is 7.78. The molecular formula is C21H23F3N2O2S. The summed E-state index contributed by atoms with van der Waals surface area (Å²) in [5.41, 5.74) is 1.08. The largest absolute Gasteiger partial charge is 0.416 e. The fourth-order valence-electron chi connectivity index (χ4n) is 4.32. The first-order chi connectivity index (χ1) is 13.7. The van der Waals surface area contributed by atoms with Crippen LogP contribution >= 0.6 is 0 Å². The maximum atomic E-state index is 13.0. The zero-order valence-electron chi connectivity index (χ0n) is 16.0. The van der Waals surface area contributed by atoms with Crippen molar-refractivity contribution in [1.29, 1.82) is 0 Å². The summed E-state index contributed by atoms with van der Waals surface area (Å²) in [6.07, 6.45) is -2.56. The van der Waals surface area contributed by atoms with Gasteiger partial charge in [-0.3, -0.25) is 0 Å². The first kappa shape index (κ1) is 20.2. The number of hydrogen-bond acceptors (Lipinski definition) is 4. The highest BCUT2D eigenvalue weighted by Crippen LogP contribution is 2.42. The van der Waals surface area contributed by atoms with Gasteiger partial charge in [-0.1, -0.05) is 6.92 Å². The van der Waals surface area contributed by atoms with E-state index in [4.69, 9.17) is 0 Å². The molecule has 0 aliphatic carbocycles. The van der Waals surface area contributed by atoms with Crippen molar-refractivity contribution < 1.29 is 21.6 Å². The van der Waals surface area contributed by atoms with Gasteiger partial charge in [0, 0.05) is 24.2 Å². The summed E-state index contributed by atoms with van der Waals surface area (Å²) in [4.78, 5) is 2.38. The number of nitrogens with one attached hydrogen (secondary N) is 1. The number of benzene rings is 2. The SMILES string of the molecule is CCN1CC[C@@H]2Nc3ccc(S(=O)(=O)c4ccc(C(F)(F)F)cc4)cc3[C@@H]2CC1. The Morgan fingerprint density at radius 1 is 1.03 bits per heavy atom. The van der Waals surface area contributed by atoms with Crippen LogP contribution in [0.25, 0.3) is 0 Å². The fourth-order valence-corrected chi connectivity index (χ4v) is 5.62. The number of fused-ring (bicyclic) bond motifs is 3. The van der Waals surface area contributed by atoms with Crippen LogP contribution in [0.2, 0.25) is 0 Å². The summed E-state index contributed by atoms with van der Waals surface area (Å²) in [6, 6.07) is 8.95. The molecule has 4 nitrogen and oxygen atoms in total. The fraction of sp³-hybridized carbons (Fsp3) is 0.429. The molecule has 1 fully saturated rings. The molecule has 2 atom stereocenters. The number of halogens is 3. The van der Waals surface area contributed by atoms with Crippen LogP contribution in [0, 0.1) is 0 Å². The Hall–Kier alpha value is -2.06. The maximum absolute atomic E-state index is 13.0. The summed E-state index contributed by atoms with van der Waals surface area (Å²) in [6.45, 7) is 5.11. The standard InChI is InChI=1S/C21H23F3N2O2S/c1-2-26-11-9-17-18-13-16(7-8-19(18)25-20(17)10-12-26)29(27,28)15-5-3-14(4-6-15)21(22,23)24/h3-8,13,17,20,25H,2,9-12H2,1H3/t17-,20-/m0/s1. The summed E-state index contributed by atoms with van der Waals surface area (Å²) in [7, 11) is -3.89. The molecule has 29 heavy (non-hydrogen) atoms. The molecule has 4 rings (SSSR count). The van der Waals surface area contributed by atoms with Crippen molar-refractivity contribution in [2.24, 2.45) is 0 Å². The Bertz CT molecular complexity index is 1000. The Morgan fingerprint density at radius 2 is 1.69 bits per heavy atom.